The minimum Gasteiger partial charge on any atom is -0.481 e. The average Bonchev–Trinajstić information content (AvgIpc) is 1.82. The molecule has 0 aromatic heterocycles. The monoisotopic (exact) mass is 186 g/mol. The summed E-state index contributed by atoms with van der Waals surface area (Å²) < 4.78 is 0. The van der Waals surface area contributed by atoms with Gasteiger partial charge in [-0.3, -0.25) is 14.4 Å². The summed E-state index contributed by atoms with van der Waals surface area (Å²) >= 11 is 0. The van der Waals surface area contributed by atoms with Crippen molar-refractivity contribution < 1.29 is 19.5 Å². The second-order valence-corrected chi connectivity index (χ2v) is 3.96. The topological polar surface area (TPSA) is 71.4 Å². The van der Waals surface area contributed by atoms with Crippen molar-refractivity contribution >= 4 is 17.5 Å². The molecule has 0 saturated carbocycles. The Morgan fingerprint density at radius 1 is 1.08 bits per heavy atom. The number of ketones is 2. The Bertz CT molecular complexity index is 234. The predicted molar refractivity (Wildman–Crippen MR) is 46.3 cm³/mol. The molecule has 0 aromatic carbocycles. The van der Waals surface area contributed by atoms with Crippen molar-refractivity contribution in [1.82, 2.24) is 0 Å². The number of aliphatic carboxylic acids is 1. The molecule has 0 rings (SSSR count). The van der Waals surface area contributed by atoms with Gasteiger partial charge in [0.05, 0.1) is 6.42 Å². The van der Waals surface area contributed by atoms with Crippen LogP contribution >= 0.6 is 0 Å². The molecule has 13 heavy (non-hydrogen) atoms. The van der Waals surface area contributed by atoms with Gasteiger partial charge in [0.15, 0.2) is 5.78 Å². The third-order valence-electron chi connectivity index (χ3n) is 1.54. The van der Waals surface area contributed by atoms with Crippen LogP contribution in [0.4, 0.5) is 0 Å². The second kappa shape index (κ2) is 4.16. The molecule has 0 aliphatic carbocycles. The Kier molecular flexibility index (Phi) is 3.78. The maximum Gasteiger partial charge on any atom is 0.310 e. The molecule has 4 nitrogen and oxygen atoms in total. The molecule has 74 valence electrons. The smallest absolute Gasteiger partial charge is 0.310 e. The number of carboxylic acids is 1. The highest BCUT2D eigenvalue weighted by atomic mass is 16.4. The van der Waals surface area contributed by atoms with Gasteiger partial charge in [-0.15, -0.1) is 0 Å². The van der Waals surface area contributed by atoms with E-state index in [4.69, 9.17) is 5.11 Å². The van der Waals surface area contributed by atoms with Crippen molar-refractivity contribution in [3.63, 3.8) is 0 Å². The van der Waals surface area contributed by atoms with Gasteiger partial charge in [-0.05, 0) is 0 Å². The van der Waals surface area contributed by atoms with Crippen molar-refractivity contribution in [3.05, 3.63) is 0 Å². The molecule has 0 aromatic rings. The van der Waals surface area contributed by atoms with Crippen LogP contribution < -0.4 is 0 Å². The van der Waals surface area contributed by atoms with Gasteiger partial charge in [0.1, 0.15) is 12.2 Å². The molecule has 0 heterocycles. The molecule has 0 unspecified atom stereocenters. The fourth-order valence-electron chi connectivity index (χ4n) is 0.675. The molecular weight excluding hydrogens is 172 g/mol. The minimum absolute atomic E-state index is 0.223. The van der Waals surface area contributed by atoms with Crippen molar-refractivity contribution in [1.29, 1.82) is 0 Å². The van der Waals surface area contributed by atoms with Crippen LogP contribution in [0.3, 0.4) is 0 Å². The van der Waals surface area contributed by atoms with E-state index in [-0.39, 0.29) is 12.2 Å². The van der Waals surface area contributed by atoms with Crippen LogP contribution in [0.25, 0.3) is 0 Å². The van der Waals surface area contributed by atoms with Gasteiger partial charge in [0.2, 0.25) is 0 Å². The fourth-order valence-corrected chi connectivity index (χ4v) is 0.675. The molecule has 0 atom stereocenters. The van der Waals surface area contributed by atoms with E-state index >= 15 is 0 Å². The molecule has 0 aliphatic rings. The van der Waals surface area contributed by atoms with Gasteiger partial charge in [0.25, 0.3) is 0 Å². The van der Waals surface area contributed by atoms with Crippen molar-refractivity contribution in [2.24, 2.45) is 5.41 Å². The molecule has 0 spiro atoms. The first kappa shape index (κ1) is 11.8. The lowest BCUT2D eigenvalue weighted by Gasteiger charge is -2.15. The van der Waals surface area contributed by atoms with Crippen LogP contribution in [-0.4, -0.2) is 22.6 Å². The van der Waals surface area contributed by atoms with E-state index in [2.05, 4.69) is 0 Å². The summed E-state index contributed by atoms with van der Waals surface area (Å²) in [6, 6.07) is 0. The van der Waals surface area contributed by atoms with Gasteiger partial charge in [-0.1, -0.05) is 20.8 Å². The zero-order valence-electron chi connectivity index (χ0n) is 8.09. The molecule has 0 aliphatic heterocycles. The summed E-state index contributed by atoms with van der Waals surface area (Å²) in [5.41, 5.74) is -0.575. The van der Waals surface area contributed by atoms with Crippen molar-refractivity contribution in [2.45, 2.75) is 33.6 Å². The van der Waals surface area contributed by atoms with E-state index in [1.54, 1.807) is 20.8 Å². The summed E-state index contributed by atoms with van der Waals surface area (Å²) in [7, 11) is 0. The van der Waals surface area contributed by atoms with E-state index < -0.39 is 23.6 Å². The van der Waals surface area contributed by atoms with Gasteiger partial charge in [-0.2, -0.15) is 0 Å². The fraction of sp³-hybridized carbons (Fsp3) is 0.667. The van der Waals surface area contributed by atoms with Crippen LogP contribution in [0, 0.1) is 5.41 Å². The normalized spacial score (nSPS) is 11.0. The van der Waals surface area contributed by atoms with Crippen LogP contribution in [-0.2, 0) is 14.4 Å². The lowest BCUT2D eigenvalue weighted by molar-refractivity contribution is -0.141. The van der Waals surface area contributed by atoms with Crippen LogP contribution in [0.15, 0.2) is 0 Å². The zero-order valence-corrected chi connectivity index (χ0v) is 8.09. The van der Waals surface area contributed by atoms with E-state index in [1.165, 1.54) is 0 Å². The summed E-state index contributed by atoms with van der Waals surface area (Å²) in [6.45, 7) is 5.09. The lowest BCUT2D eigenvalue weighted by atomic mass is 9.87. The highest BCUT2D eigenvalue weighted by Gasteiger charge is 2.24. The Labute approximate surface area is 76.9 Å². The van der Waals surface area contributed by atoms with Gasteiger partial charge in [-0.25, -0.2) is 0 Å². The Balaban J connectivity index is 4.08. The molecule has 1 N–H and O–H groups in total. The third kappa shape index (κ3) is 5.11. The van der Waals surface area contributed by atoms with Crippen LogP contribution in [0.2, 0.25) is 0 Å². The molecule has 0 amide bonds. The van der Waals surface area contributed by atoms with E-state index in [0.29, 0.717) is 0 Å². The predicted octanol–water partition coefficient (Wildman–Crippen LogP) is 1.04. The molecular formula is C9H14O4. The Morgan fingerprint density at radius 3 is 1.85 bits per heavy atom. The maximum absolute atomic E-state index is 11.2. The second-order valence-electron chi connectivity index (χ2n) is 3.96. The number of hydrogen-bond acceptors (Lipinski definition) is 3. The number of Topliss-reactive ketones (excluding diaryl/α,β-unsaturated/α-hetero) is 2. The molecule has 0 bridgehead atoms. The highest BCUT2D eigenvalue weighted by Crippen LogP contribution is 2.16. The number of carboxylic acid groups (broad SMARTS) is 1. The van der Waals surface area contributed by atoms with Crippen molar-refractivity contribution in [2.75, 3.05) is 0 Å². The minimum atomic E-state index is -1.19. The average molecular weight is 186 g/mol. The standard InChI is InChI=1S/C9H14O4/c1-9(2,3)7(11)4-6(10)5-8(12)13/h4-5H2,1-3H3,(H,12,13). The number of carbonyl (C=O) groups is 3. The Morgan fingerprint density at radius 2 is 1.54 bits per heavy atom. The SMILES string of the molecule is CC(C)(C)C(=O)CC(=O)CC(=O)O. The van der Waals surface area contributed by atoms with Gasteiger partial charge < -0.3 is 5.11 Å². The zero-order chi connectivity index (χ0) is 10.6. The van der Waals surface area contributed by atoms with Gasteiger partial charge >= 0.3 is 5.97 Å². The van der Waals surface area contributed by atoms with Crippen LogP contribution in [0.1, 0.15) is 33.6 Å². The maximum atomic E-state index is 11.2. The first-order valence-corrected chi connectivity index (χ1v) is 4.00. The number of rotatable bonds is 4. The third-order valence-corrected chi connectivity index (χ3v) is 1.54. The van der Waals surface area contributed by atoms with E-state index in [1.807, 2.05) is 0 Å². The van der Waals surface area contributed by atoms with Crippen molar-refractivity contribution in [3.8, 4) is 0 Å². The van der Waals surface area contributed by atoms with Gasteiger partial charge in [0, 0.05) is 5.41 Å². The van der Waals surface area contributed by atoms with E-state index in [9.17, 15) is 14.4 Å². The number of hydrogen-bond donors (Lipinski definition) is 1. The van der Waals surface area contributed by atoms with E-state index in [0.717, 1.165) is 0 Å². The summed E-state index contributed by atoms with van der Waals surface area (Å²) in [6.07, 6.45) is -0.850. The first-order chi connectivity index (χ1) is 5.73. The number of carbonyl (C=O) groups excluding carboxylic acids is 2. The molecule has 0 fully saturated rings. The molecule has 4 heteroatoms. The Hall–Kier alpha value is -1.19. The summed E-state index contributed by atoms with van der Waals surface area (Å²) in [4.78, 5) is 32.3. The quantitative estimate of drug-likeness (QED) is 0.666. The first-order valence-electron chi connectivity index (χ1n) is 4.00. The molecule has 0 radical (unpaired) electrons. The highest BCUT2D eigenvalue weighted by molar-refractivity contribution is 6.06. The van der Waals surface area contributed by atoms with Crippen LogP contribution in [0.5, 0.6) is 0 Å². The summed E-state index contributed by atoms with van der Waals surface area (Å²) in [5.74, 6) is -1.95. The summed E-state index contributed by atoms with van der Waals surface area (Å²) in [5, 5.41) is 8.27. The largest absolute Gasteiger partial charge is 0.481 e. The lowest BCUT2D eigenvalue weighted by Crippen LogP contribution is -2.23. The molecule has 0 saturated heterocycles.